The lowest BCUT2D eigenvalue weighted by atomic mass is 10.1. The summed E-state index contributed by atoms with van der Waals surface area (Å²) in [7, 11) is 0. The van der Waals surface area contributed by atoms with Crippen LogP contribution in [-0.4, -0.2) is 17.9 Å². The van der Waals surface area contributed by atoms with Gasteiger partial charge in [-0.05, 0) is 32.4 Å². The van der Waals surface area contributed by atoms with Crippen molar-refractivity contribution in [1.29, 1.82) is 0 Å². The van der Waals surface area contributed by atoms with E-state index < -0.39 is 6.04 Å². The van der Waals surface area contributed by atoms with E-state index in [0.29, 0.717) is 5.96 Å². The predicted molar refractivity (Wildman–Crippen MR) is 75.5 cm³/mol. The summed E-state index contributed by atoms with van der Waals surface area (Å²) < 4.78 is 0.914. The van der Waals surface area contributed by atoms with Crippen LogP contribution in [0.1, 0.15) is 31.0 Å². The molecule has 1 atom stereocenters. The number of amides is 1. The zero-order valence-corrected chi connectivity index (χ0v) is 12.2. The van der Waals surface area contributed by atoms with Gasteiger partial charge in [-0.1, -0.05) is 28.1 Å². The van der Waals surface area contributed by atoms with Crippen LogP contribution in [0.25, 0.3) is 0 Å². The molecular weight excluding hydrogens is 294 g/mol. The van der Waals surface area contributed by atoms with E-state index in [4.69, 9.17) is 0 Å². The van der Waals surface area contributed by atoms with Gasteiger partial charge in [0.1, 0.15) is 0 Å². The van der Waals surface area contributed by atoms with Crippen molar-refractivity contribution in [3.8, 4) is 0 Å². The van der Waals surface area contributed by atoms with Crippen LogP contribution in [0.5, 0.6) is 0 Å². The first-order valence-corrected chi connectivity index (χ1v) is 6.68. The molecule has 0 fully saturated rings. The normalized spacial score (nSPS) is 18.8. The van der Waals surface area contributed by atoms with Crippen molar-refractivity contribution < 1.29 is 4.79 Å². The SMILES string of the molecule is Cc1ccc(C2N=C(NC(C)C)NC2=O)c(Br)c1. The van der Waals surface area contributed by atoms with Gasteiger partial charge in [-0.15, -0.1) is 0 Å². The molecular formula is C13H16BrN3O. The van der Waals surface area contributed by atoms with Crippen molar-refractivity contribution in [2.24, 2.45) is 4.99 Å². The molecule has 0 aliphatic carbocycles. The molecule has 1 unspecified atom stereocenters. The number of carbonyl (C=O) groups is 1. The van der Waals surface area contributed by atoms with Gasteiger partial charge in [-0.3, -0.25) is 10.1 Å². The van der Waals surface area contributed by atoms with Crippen molar-refractivity contribution in [2.45, 2.75) is 32.9 Å². The lowest BCUT2D eigenvalue weighted by Crippen LogP contribution is -2.40. The molecule has 0 aromatic heterocycles. The Labute approximate surface area is 115 Å². The number of rotatable bonds is 2. The van der Waals surface area contributed by atoms with Gasteiger partial charge in [0.25, 0.3) is 5.91 Å². The van der Waals surface area contributed by atoms with Crippen LogP contribution in [0.3, 0.4) is 0 Å². The molecule has 4 nitrogen and oxygen atoms in total. The third-order valence-corrected chi connectivity index (χ3v) is 3.31. The van der Waals surface area contributed by atoms with Crippen LogP contribution >= 0.6 is 15.9 Å². The third-order valence-electron chi connectivity index (χ3n) is 2.62. The van der Waals surface area contributed by atoms with Gasteiger partial charge in [-0.2, -0.15) is 0 Å². The molecule has 0 spiro atoms. The van der Waals surface area contributed by atoms with Crippen LogP contribution in [0.4, 0.5) is 0 Å². The fraction of sp³-hybridized carbons (Fsp3) is 0.385. The number of hydrogen-bond acceptors (Lipinski definition) is 3. The van der Waals surface area contributed by atoms with Crippen molar-refractivity contribution in [2.75, 3.05) is 0 Å². The topological polar surface area (TPSA) is 53.5 Å². The maximum Gasteiger partial charge on any atom is 0.256 e. The molecule has 0 bridgehead atoms. The van der Waals surface area contributed by atoms with E-state index in [2.05, 4.69) is 31.6 Å². The Morgan fingerprint density at radius 2 is 2.17 bits per heavy atom. The van der Waals surface area contributed by atoms with Gasteiger partial charge >= 0.3 is 0 Å². The molecule has 2 N–H and O–H groups in total. The summed E-state index contributed by atoms with van der Waals surface area (Å²) >= 11 is 3.49. The number of nitrogens with one attached hydrogen (secondary N) is 2. The van der Waals surface area contributed by atoms with E-state index in [-0.39, 0.29) is 11.9 Å². The molecule has 1 amide bonds. The van der Waals surface area contributed by atoms with Gasteiger partial charge in [0.2, 0.25) is 0 Å². The number of nitrogens with zero attached hydrogens (tertiary/aromatic N) is 1. The number of aryl methyl sites for hydroxylation is 1. The van der Waals surface area contributed by atoms with E-state index in [1.54, 1.807) is 0 Å². The van der Waals surface area contributed by atoms with Crippen LogP contribution in [-0.2, 0) is 4.79 Å². The molecule has 1 aromatic carbocycles. The minimum absolute atomic E-state index is 0.0947. The van der Waals surface area contributed by atoms with Crippen LogP contribution in [0, 0.1) is 6.92 Å². The lowest BCUT2D eigenvalue weighted by Gasteiger charge is -2.08. The third kappa shape index (κ3) is 2.72. The number of hydrogen-bond donors (Lipinski definition) is 2. The average Bonchev–Trinajstić information content (AvgIpc) is 2.58. The van der Waals surface area contributed by atoms with Crippen molar-refractivity contribution >= 4 is 27.8 Å². The minimum Gasteiger partial charge on any atom is -0.354 e. The highest BCUT2D eigenvalue weighted by atomic mass is 79.9. The second kappa shape index (κ2) is 5.10. The number of carbonyl (C=O) groups excluding carboxylic acids is 1. The number of halogens is 1. The Kier molecular flexibility index (Phi) is 3.71. The summed E-state index contributed by atoms with van der Waals surface area (Å²) in [6, 6.07) is 5.68. The van der Waals surface area contributed by atoms with E-state index in [9.17, 15) is 4.79 Å². The summed E-state index contributed by atoms with van der Waals surface area (Å²) in [6.45, 7) is 6.02. The van der Waals surface area contributed by atoms with Gasteiger partial charge in [-0.25, -0.2) is 4.99 Å². The predicted octanol–water partition coefficient (Wildman–Crippen LogP) is 2.28. The first kappa shape index (κ1) is 13.1. The molecule has 1 aliphatic heterocycles. The molecule has 1 heterocycles. The Hall–Kier alpha value is -1.36. The van der Waals surface area contributed by atoms with Gasteiger partial charge in [0.05, 0.1) is 0 Å². The monoisotopic (exact) mass is 309 g/mol. The van der Waals surface area contributed by atoms with Crippen molar-refractivity contribution in [3.05, 3.63) is 33.8 Å². The molecule has 5 heteroatoms. The highest BCUT2D eigenvalue weighted by Gasteiger charge is 2.29. The highest BCUT2D eigenvalue weighted by molar-refractivity contribution is 9.10. The number of aliphatic imine (C=N–C) groups is 1. The highest BCUT2D eigenvalue weighted by Crippen LogP contribution is 2.29. The molecule has 18 heavy (non-hydrogen) atoms. The quantitative estimate of drug-likeness (QED) is 0.880. The Morgan fingerprint density at radius 1 is 1.44 bits per heavy atom. The number of guanidine groups is 1. The summed E-state index contributed by atoms with van der Waals surface area (Å²) in [6.07, 6.45) is 0. The number of benzene rings is 1. The first-order chi connectivity index (χ1) is 8.47. The van der Waals surface area contributed by atoms with Gasteiger partial charge in [0.15, 0.2) is 12.0 Å². The van der Waals surface area contributed by atoms with Crippen LogP contribution in [0.15, 0.2) is 27.7 Å². The summed E-state index contributed by atoms with van der Waals surface area (Å²) in [4.78, 5) is 16.3. The molecule has 96 valence electrons. The summed E-state index contributed by atoms with van der Waals surface area (Å²) in [5.74, 6) is 0.454. The fourth-order valence-corrected chi connectivity index (χ4v) is 2.53. The largest absolute Gasteiger partial charge is 0.354 e. The van der Waals surface area contributed by atoms with Crippen molar-refractivity contribution in [1.82, 2.24) is 10.6 Å². The fourth-order valence-electron chi connectivity index (χ4n) is 1.82. The van der Waals surface area contributed by atoms with Crippen molar-refractivity contribution in [3.63, 3.8) is 0 Å². The molecule has 1 aliphatic rings. The lowest BCUT2D eigenvalue weighted by molar-refractivity contribution is -0.120. The van der Waals surface area contributed by atoms with E-state index in [0.717, 1.165) is 15.6 Å². The molecule has 0 saturated heterocycles. The zero-order valence-electron chi connectivity index (χ0n) is 10.6. The maximum atomic E-state index is 11.9. The Balaban J connectivity index is 2.27. The van der Waals surface area contributed by atoms with E-state index in [1.807, 2.05) is 39.0 Å². The zero-order chi connectivity index (χ0) is 13.3. The summed E-state index contributed by atoms with van der Waals surface area (Å²) in [5.41, 5.74) is 2.03. The molecule has 2 rings (SSSR count). The van der Waals surface area contributed by atoms with Gasteiger partial charge in [0, 0.05) is 16.1 Å². The van der Waals surface area contributed by atoms with E-state index in [1.165, 1.54) is 0 Å². The molecule has 1 aromatic rings. The van der Waals surface area contributed by atoms with Crippen LogP contribution in [0.2, 0.25) is 0 Å². The molecule has 0 radical (unpaired) electrons. The second-order valence-corrected chi connectivity index (χ2v) is 5.55. The minimum atomic E-state index is -0.471. The standard InChI is InChI=1S/C13H16BrN3O/c1-7(2)15-13-16-11(12(18)17-13)9-5-4-8(3)6-10(9)14/h4-7,11H,1-3H3,(H2,15,16,17,18). The maximum absolute atomic E-state index is 11.9. The first-order valence-electron chi connectivity index (χ1n) is 5.88. The Morgan fingerprint density at radius 3 is 2.78 bits per heavy atom. The Bertz CT molecular complexity index is 511. The van der Waals surface area contributed by atoms with E-state index >= 15 is 0 Å². The van der Waals surface area contributed by atoms with Crippen LogP contribution < -0.4 is 10.6 Å². The smallest absolute Gasteiger partial charge is 0.256 e. The average molecular weight is 310 g/mol. The molecule has 0 saturated carbocycles. The second-order valence-electron chi connectivity index (χ2n) is 4.69. The summed E-state index contributed by atoms with van der Waals surface area (Å²) in [5, 5.41) is 5.86. The van der Waals surface area contributed by atoms with Gasteiger partial charge < -0.3 is 5.32 Å².